The Morgan fingerprint density at radius 2 is 1.77 bits per heavy atom. The third kappa shape index (κ3) is 4.44. The van der Waals surface area contributed by atoms with Crippen LogP contribution in [0.5, 0.6) is 0 Å². The standard InChI is InChI=1S/C22H20ClN5O3/c1-11-3-6-15(9-12(11)2)24-20(30)16-10-17(29)26-19-18(16)21(31)28-22(27-19)25-14-7-4-13(23)5-8-14/h3-9,16H,10H2,1-2H3,(H,24,30)(H3,25,26,27,28,29,31)/t16-/m0/s1. The molecule has 2 aromatic carbocycles. The summed E-state index contributed by atoms with van der Waals surface area (Å²) >= 11 is 5.88. The Hall–Kier alpha value is -3.65. The number of nitrogens with one attached hydrogen (secondary N) is 4. The number of amides is 2. The third-order valence-corrected chi connectivity index (χ3v) is 5.40. The highest BCUT2D eigenvalue weighted by Crippen LogP contribution is 2.30. The summed E-state index contributed by atoms with van der Waals surface area (Å²) in [5.74, 6) is -1.57. The molecule has 0 fully saturated rings. The maximum absolute atomic E-state index is 12.9. The highest BCUT2D eigenvalue weighted by atomic mass is 35.5. The van der Waals surface area contributed by atoms with E-state index in [1.165, 1.54) is 0 Å². The zero-order chi connectivity index (χ0) is 22.1. The Morgan fingerprint density at radius 3 is 2.48 bits per heavy atom. The molecule has 1 aliphatic rings. The summed E-state index contributed by atoms with van der Waals surface area (Å²) in [7, 11) is 0. The fourth-order valence-electron chi connectivity index (χ4n) is 3.37. The lowest BCUT2D eigenvalue weighted by Crippen LogP contribution is -2.36. The minimum absolute atomic E-state index is 0.0664. The molecule has 3 aromatic rings. The van der Waals surface area contributed by atoms with Crippen LogP contribution in [0.1, 0.15) is 29.0 Å². The third-order valence-electron chi connectivity index (χ3n) is 5.15. The molecular formula is C22H20ClN5O3. The fourth-order valence-corrected chi connectivity index (χ4v) is 3.50. The van der Waals surface area contributed by atoms with Gasteiger partial charge in [-0.1, -0.05) is 17.7 Å². The summed E-state index contributed by atoms with van der Waals surface area (Å²) in [5.41, 5.74) is 3.01. The first-order chi connectivity index (χ1) is 14.8. The molecule has 4 N–H and O–H groups in total. The number of benzene rings is 2. The van der Waals surface area contributed by atoms with Crippen molar-refractivity contribution in [2.45, 2.75) is 26.2 Å². The van der Waals surface area contributed by atoms with Gasteiger partial charge in [0, 0.05) is 22.8 Å². The maximum Gasteiger partial charge on any atom is 0.258 e. The van der Waals surface area contributed by atoms with Gasteiger partial charge in [-0.15, -0.1) is 0 Å². The average Bonchev–Trinajstić information content (AvgIpc) is 2.71. The molecule has 8 nitrogen and oxygen atoms in total. The maximum atomic E-state index is 12.9. The Bertz CT molecular complexity index is 1240. The van der Waals surface area contributed by atoms with Gasteiger partial charge in [0.2, 0.25) is 17.8 Å². The Labute approximate surface area is 183 Å². The highest BCUT2D eigenvalue weighted by Gasteiger charge is 2.34. The van der Waals surface area contributed by atoms with E-state index < -0.39 is 17.4 Å². The van der Waals surface area contributed by atoms with Crippen LogP contribution in [0.4, 0.5) is 23.1 Å². The van der Waals surface area contributed by atoms with Crippen LogP contribution in [0.2, 0.25) is 5.02 Å². The van der Waals surface area contributed by atoms with Gasteiger partial charge in [0.05, 0.1) is 11.5 Å². The molecule has 0 aliphatic carbocycles. The van der Waals surface area contributed by atoms with E-state index in [0.29, 0.717) is 16.4 Å². The second-order valence-electron chi connectivity index (χ2n) is 7.40. The second-order valence-corrected chi connectivity index (χ2v) is 7.84. The summed E-state index contributed by atoms with van der Waals surface area (Å²) in [4.78, 5) is 44.9. The molecule has 0 saturated heterocycles. The summed E-state index contributed by atoms with van der Waals surface area (Å²) in [6.07, 6.45) is -0.140. The van der Waals surface area contributed by atoms with E-state index in [4.69, 9.17) is 11.6 Å². The molecule has 0 saturated carbocycles. The van der Waals surface area contributed by atoms with Gasteiger partial charge in [0.25, 0.3) is 5.56 Å². The van der Waals surface area contributed by atoms with Gasteiger partial charge in [-0.05, 0) is 61.4 Å². The number of fused-ring (bicyclic) bond motifs is 1. The van der Waals surface area contributed by atoms with E-state index in [1.54, 1.807) is 30.3 Å². The van der Waals surface area contributed by atoms with Crippen LogP contribution in [0.3, 0.4) is 0 Å². The van der Waals surface area contributed by atoms with Crippen LogP contribution in [-0.2, 0) is 9.59 Å². The molecule has 1 aliphatic heterocycles. The first-order valence-corrected chi connectivity index (χ1v) is 10.0. The average molecular weight is 438 g/mol. The Kier molecular flexibility index (Phi) is 5.48. The van der Waals surface area contributed by atoms with Crippen molar-refractivity contribution < 1.29 is 9.59 Å². The predicted molar refractivity (Wildman–Crippen MR) is 120 cm³/mol. The van der Waals surface area contributed by atoms with Crippen molar-refractivity contribution in [2.24, 2.45) is 0 Å². The number of nitrogens with zero attached hydrogens (tertiary/aromatic N) is 1. The van der Waals surface area contributed by atoms with E-state index >= 15 is 0 Å². The number of H-pyrrole nitrogens is 1. The van der Waals surface area contributed by atoms with E-state index in [1.807, 2.05) is 26.0 Å². The van der Waals surface area contributed by atoms with E-state index in [-0.39, 0.29) is 29.7 Å². The first kappa shape index (κ1) is 20.6. The van der Waals surface area contributed by atoms with E-state index in [2.05, 4.69) is 25.9 Å². The lowest BCUT2D eigenvalue weighted by Gasteiger charge is -2.23. The molecule has 0 bridgehead atoms. The minimum atomic E-state index is -0.953. The number of aromatic amines is 1. The van der Waals surface area contributed by atoms with Crippen LogP contribution in [-0.4, -0.2) is 21.8 Å². The molecule has 31 heavy (non-hydrogen) atoms. The predicted octanol–water partition coefficient (Wildman–Crippen LogP) is 3.85. The number of halogens is 1. The van der Waals surface area contributed by atoms with Crippen molar-refractivity contribution in [1.82, 2.24) is 9.97 Å². The number of hydrogen-bond acceptors (Lipinski definition) is 5. The SMILES string of the molecule is Cc1ccc(NC(=O)[C@H]2CC(=O)Nc3nc(Nc4ccc(Cl)cc4)[nH]c(=O)c32)cc1C. The van der Waals surface area contributed by atoms with Crippen molar-refractivity contribution in [3.05, 3.63) is 74.5 Å². The molecule has 1 atom stereocenters. The Balaban J connectivity index is 1.63. The zero-order valence-electron chi connectivity index (χ0n) is 16.9. The normalized spacial score (nSPS) is 15.1. The number of hydrogen-bond donors (Lipinski definition) is 4. The number of carbonyl (C=O) groups excluding carboxylic acids is 2. The van der Waals surface area contributed by atoms with Crippen LogP contribution in [0, 0.1) is 13.8 Å². The molecule has 2 amide bonds. The van der Waals surface area contributed by atoms with Crippen molar-refractivity contribution in [1.29, 1.82) is 0 Å². The molecule has 4 rings (SSSR count). The molecule has 9 heteroatoms. The monoisotopic (exact) mass is 437 g/mol. The Morgan fingerprint density at radius 1 is 1.06 bits per heavy atom. The molecule has 0 unspecified atom stereocenters. The molecule has 0 radical (unpaired) electrons. The smallest absolute Gasteiger partial charge is 0.258 e. The number of anilines is 4. The van der Waals surface area contributed by atoms with Gasteiger partial charge in [0.1, 0.15) is 5.82 Å². The summed E-state index contributed by atoms with van der Waals surface area (Å²) in [6.45, 7) is 3.92. The lowest BCUT2D eigenvalue weighted by atomic mass is 9.92. The summed E-state index contributed by atoms with van der Waals surface area (Å²) in [5, 5.41) is 8.92. The highest BCUT2D eigenvalue weighted by molar-refractivity contribution is 6.30. The molecule has 0 spiro atoms. The van der Waals surface area contributed by atoms with Crippen LogP contribution >= 0.6 is 11.6 Å². The first-order valence-electron chi connectivity index (χ1n) is 9.65. The topological polar surface area (TPSA) is 116 Å². The molecular weight excluding hydrogens is 418 g/mol. The van der Waals surface area contributed by atoms with Gasteiger partial charge >= 0.3 is 0 Å². The molecule has 1 aromatic heterocycles. The quantitative estimate of drug-likeness (QED) is 0.494. The fraction of sp³-hybridized carbons (Fsp3) is 0.182. The van der Waals surface area contributed by atoms with Crippen LogP contribution in [0.15, 0.2) is 47.3 Å². The van der Waals surface area contributed by atoms with Gasteiger partial charge in [0.15, 0.2) is 0 Å². The van der Waals surface area contributed by atoms with Crippen LogP contribution in [0.25, 0.3) is 0 Å². The van der Waals surface area contributed by atoms with Crippen molar-refractivity contribution in [3.8, 4) is 0 Å². The van der Waals surface area contributed by atoms with Crippen LogP contribution < -0.4 is 21.5 Å². The van der Waals surface area contributed by atoms with Gasteiger partial charge in [-0.25, -0.2) is 0 Å². The number of aryl methyl sites for hydroxylation is 2. The molecule has 158 valence electrons. The van der Waals surface area contributed by atoms with E-state index in [9.17, 15) is 14.4 Å². The van der Waals surface area contributed by atoms with Gasteiger partial charge in [-0.3, -0.25) is 19.4 Å². The number of rotatable bonds is 4. The zero-order valence-corrected chi connectivity index (χ0v) is 17.6. The lowest BCUT2D eigenvalue weighted by molar-refractivity contribution is -0.123. The van der Waals surface area contributed by atoms with E-state index in [0.717, 1.165) is 11.1 Å². The summed E-state index contributed by atoms with van der Waals surface area (Å²) in [6, 6.07) is 12.4. The van der Waals surface area contributed by atoms with Gasteiger partial charge < -0.3 is 16.0 Å². The van der Waals surface area contributed by atoms with Crippen molar-refractivity contribution in [2.75, 3.05) is 16.0 Å². The summed E-state index contributed by atoms with van der Waals surface area (Å²) < 4.78 is 0. The number of aromatic nitrogens is 2. The largest absolute Gasteiger partial charge is 0.326 e. The minimum Gasteiger partial charge on any atom is -0.326 e. The van der Waals surface area contributed by atoms with Crippen molar-refractivity contribution >= 4 is 46.6 Å². The second kappa shape index (κ2) is 8.23. The van der Waals surface area contributed by atoms with Gasteiger partial charge in [-0.2, -0.15) is 4.98 Å². The molecule has 2 heterocycles. The number of carbonyl (C=O) groups is 2. The van der Waals surface area contributed by atoms with Crippen molar-refractivity contribution in [3.63, 3.8) is 0 Å².